The van der Waals surface area contributed by atoms with Gasteiger partial charge in [0.25, 0.3) is 0 Å². The maximum Gasteiger partial charge on any atom is 0.128 e. The topological polar surface area (TPSA) is 15.3 Å². The molecular formula is C13H19Cl2FN2. The second-order valence-electron chi connectivity index (χ2n) is 3.99. The number of hydrogen-bond acceptors (Lipinski definition) is 2. The molecule has 2 nitrogen and oxygen atoms in total. The monoisotopic (exact) mass is 292 g/mol. The normalized spacial score (nSPS) is 17.2. The molecule has 1 aromatic carbocycles. The molecule has 0 amide bonds. The fraction of sp³-hybridized carbons (Fsp3) is 0.385. The first-order chi connectivity index (χ1) is 7.83. The van der Waals surface area contributed by atoms with Crippen molar-refractivity contribution in [3.63, 3.8) is 0 Å². The van der Waals surface area contributed by atoms with Crippen LogP contribution in [0, 0.1) is 5.82 Å². The lowest BCUT2D eigenvalue weighted by molar-refractivity contribution is 0.200. The lowest BCUT2D eigenvalue weighted by atomic mass is 10.0. The molecule has 0 saturated carbocycles. The fourth-order valence-electron chi connectivity index (χ4n) is 2.15. The van der Waals surface area contributed by atoms with Crippen molar-refractivity contribution in [3.8, 4) is 0 Å². The largest absolute Gasteiger partial charge is 0.314 e. The van der Waals surface area contributed by atoms with Crippen LogP contribution in [-0.2, 0) is 0 Å². The zero-order valence-corrected chi connectivity index (χ0v) is 11.8. The highest BCUT2D eigenvalue weighted by atomic mass is 35.5. The summed E-state index contributed by atoms with van der Waals surface area (Å²) >= 11 is 0. The van der Waals surface area contributed by atoms with Gasteiger partial charge >= 0.3 is 0 Å². The summed E-state index contributed by atoms with van der Waals surface area (Å²) in [6.07, 6.45) is 1.82. The Balaban J connectivity index is 0.00000144. The van der Waals surface area contributed by atoms with Crippen LogP contribution in [0.1, 0.15) is 11.6 Å². The third-order valence-electron chi connectivity index (χ3n) is 2.99. The Morgan fingerprint density at radius 1 is 1.22 bits per heavy atom. The SMILES string of the molecule is C=C[C@@H](c1ccccc1F)N1CCNCC1.Cl.Cl. The molecule has 1 aromatic rings. The zero-order chi connectivity index (χ0) is 11.4. The first-order valence-corrected chi connectivity index (χ1v) is 5.64. The molecule has 1 fully saturated rings. The van der Waals surface area contributed by atoms with E-state index in [1.54, 1.807) is 6.07 Å². The highest BCUT2D eigenvalue weighted by Crippen LogP contribution is 2.24. The predicted octanol–water partition coefficient (Wildman–Crippen LogP) is 2.80. The Morgan fingerprint density at radius 3 is 2.39 bits per heavy atom. The molecule has 1 aliphatic rings. The second kappa shape index (κ2) is 8.48. The number of rotatable bonds is 3. The van der Waals surface area contributed by atoms with Gasteiger partial charge in [-0.15, -0.1) is 31.4 Å². The van der Waals surface area contributed by atoms with Crippen molar-refractivity contribution in [3.05, 3.63) is 48.3 Å². The summed E-state index contributed by atoms with van der Waals surface area (Å²) in [5, 5.41) is 3.29. The molecule has 0 bridgehead atoms. The van der Waals surface area contributed by atoms with Crippen LogP contribution in [0.25, 0.3) is 0 Å². The summed E-state index contributed by atoms with van der Waals surface area (Å²) in [7, 11) is 0. The van der Waals surface area contributed by atoms with Crippen LogP contribution in [0.4, 0.5) is 4.39 Å². The molecule has 5 heteroatoms. The first-order valence-electron chi connectivity index (χ1n) is 5.64. The van der Waals surface area contributed by atoms with Gasteiger partial charge in [0.15, 0.2) is 0 Å². The minimum Gasteiger partial charge on any atom is -0.314 e. The van der Waals surface area contributed by atoms with Gasteiger partial charge in [0.1, 0.15) is 5.82 Å². The molecule has 1 N–H and O–H groups in total. The molecule has 0 aliphatic carbocycles. The van der Waals surface area contributed by atoms with Gasteiger partial charge in [-0.3, -0.25) is 4.90 Å². The van der Waals surface area contributed by atoms with Gasteiger partial charge < -0.3 is 5.32 Å². The molecule has 1 heterocycles. The fourth-order valence-corrected chi connectivity index (χ4v) is 2.15. The van der Waals surface area contributed by atoms with Crippen molar-refractivity contribution in [1.82, 2.24) is 10.2 Å². The van der Waals surface area contributed by atoms with Gasteiger partial charge in [0.05, 0.1) is 6.04 Å². The smallest absolute Gasteiger partial charge is 0.128 e. The van der Waals surface area contributed by atoms with E-state index in [4.69, 9.17) is 0 Å². The number of benzene rings is 1. The highest BCUT2D eigenvalue weighted by Gasteiger charge is 2.21. The van der Waals surface area contributed by atoms with Gasteiger partial charge in [-0.2, -0.15) is 0 Å². The van der Waals surface area contributed by atoms with Crippen molar-refractivity contribution in [2.24, 2.45) is 0 Å². The van der Waals surface area contributed by atoms with Crippen LogP contribution in [-0.4, -0.2) is 31.1 Å². The average molecular weight is 293 g/mol. The maximum atomic E-state index is 13.7. The Hall–Kier alpha value is -0.610. The minimum atomic E-state index is -0.147. The molecule has 0 spiro atoms. The van der Waals surface area contributed by atoms with Gasteiger partial charge in [-0.05, 0) is 6.07 Å². The summed E-state index contributed by atoms with van der Waals surface area (Å²) < 4.78 is 13.7. The third-order valence-corrected chi connectivity index (χ3v) is 2.99. The van der Waals surface area contributed by atoms with Crippen LogP contribution < -0.4 is 5.32 Å². The van der Waals surface area contributed by atoms with Crippen molar-refractivity contribution in [2.75, 3.05) is 26.2 Å². The number of piperazine rings is 1. The minimum absolute atomic E-state index is 0. The van der Waals surface area contributed by atoms with E-state index in [-0.39, 0.29) is 36.7 Å². The molecule has 0 unspecified atom stereocenters. The van der Waals surface area contributed by atoms with Crippen molar-refractivity contribution >= 4 is 24.8 Å². The lowest BCUT2D eigenvalue weighted by Crippen LogP contribution is -2.44. The molecule has 0 radical (unpaired) electrons. The van der Waals surface area contributed by atoms with Gasteiger partial charge in [0.2, 0.25) is 0 Å². The van der Waals surface area contributed by atoms with Crippen molar-refractivity contribution in [1.29, 1.82) is 0 Å². The molecule has 0 aromatic heterocycles. The summed E-state index contributed by atoms with van der Waals surface area (Å²) in [6, 6.07) is 6.93. The van der Waals surface area contributed by atoms with E-state index in [1.165, 1.54) is 6.07 Å². The Labute approximate surface area is 120 Å². The number of nitrogens with zero attached hydrogens (tertiary/aromatic N) is 1. The van der Waals surface area contributed by atoms with E-state index in [0.717, 1.165) is 31.7 Å². The van der Waals surface area contributed by atoms with E-state index in [2.05, 4.69) is 16.8 Å². The molecule has 1 atom stereocenters. The van der Waals surface area contributed by atoms with Crippen LogP contribution in [0.3, 0.4) is 0 Å². The first kappa shape index (κ1) is 17.4. The Kier molecular flexibility index (Phi) is 8.20. The summed E-state index contributed by atoms with van der Waals surface area (Å²) in [5.74, 6) is -0.147. The van der Waals surface area contributed by atoms with Gasteiger partial charge in [0, 0.05) is 31.7 Å². The molecule has 102 valence electrons. The molecule has 18 heavy (non-hydrogen) atoms. The Morgan fingerprint density at radius 2 is 1.83 bits per heavy atom. The predicted molar refractivity (Wildman–Crippen MR) is 78.3 cm³/mol. The lowest BCUT2D eigenvalue weighted by Gasteiger charge is -2.33. The van der Waals surface area contributed by atoms with Gasteiger partial charge in [-0.1, -0.05) is 24.3 Å². The van der Waals surface area contributed by atoms with Crippen LogP contribution in [0.15, 0.2) is 36.9 Å². The average Bonchev–Trinajstić information content (AvgIpc) is 2.34. The quantitative estimate of drug-likeness (QED) is 0.862. The van der Waals surface area contributed by atoms with Crippen LogP contribution in [0.2, 0.25) is 0 Å². The van der Waals surface area contributed by atoms with E-state index in [1.807, 2.05) is 18.2 Å². The molecule has 1 aliphatic heterocycles. The third kappa shape index (κ3) is 3.95. The maximum absolute atomic E-state index is 13.7. The molecule has 2 rings (SSSR count). The van der Waals surface area contributed by atoms with Crippen LogP contribution in [0.5, 0.6) is 0 Å². The van der Waals surface area contributed by atoms with Gasteiger partial charge in [-0.25, -0.2) is 4.39 Å². The summed E-state index contributed by atoms with van der Waals surface area (Å²) in [4.78, 5) is 2.25. The highest BCUT2D eigenvalue weighted by molar-refractivity contribution is 5.85. The van der Waals surface area contributed by atoms with E-state index in [9.17, 15) is 4.39 Å². The van der Waals surface area contributed by atoms with Crippen molar-refractivity contribution < 1.29 is 4.39 Å². The van der Waals surface area contributed by atoms with Crippen molar-refractivity contribution in [2.45, 2.75) is 6.04 Å². The molecule has 1 saturated heterocycles. The summed E-state index contributed by atoms with van der Waals surface area (Å²) in [6.45, 7) is 7.61. The number of halogens is 3. The number of nitrogens with one attached hydrogen (secondary N) is 1. The molecular weight excluding hydrogens is 274 g/mol. The summed E-state index contributed by atoms with van der Waals surface area (Å²) in [5.41, 5.74) is 0.722. The van der Waals surface area contributed by atoms with E-state index < -0.39 is 0 Å². The Bertz CT molecular complexity index is 368. The van der Waals surface area contributed by atoms with E-state index in [0.29, 0.717) is 0 Å². The van der Waals surface area contributed by atoms with E-state index >= 15 is 0 Å². The number of hydrogen-bond donors (Lipinski definition) is 1. The van der Waals surface area contributed by atoms with Crippen LogP contribution >= 0.6 is 24.8 Å². The second-order valence-corrected chi connectivity index (χ2v) is 3.99. The standard InChI is InChI=1S/C13H17FN2.2ClH/c1-2-13(16-9-7-15-8-10-16)11-5-3-4-6-12(11)14;;/h2-6,13,15H,1,7-10H2;2*1H/t13-;;/m0../s1. The zero-order valence-electron chi connectivity index (χ0n) is 10.1.